The summed E-state index contributed by atoms with van der Waals surface area (Å²) in [5, 5.41) is 2.95. The Hall–Kier alpha value is -1.27. The number of halogens is 1. The maximum Gasteiger partial charge on any atom is 0.407 e. The second kappa shape index (κ2) is 7.53. The van der Waals surface area contributed by atoms with Crippen LogP contribution in [0.3, 0.4) is 0 Å². The van der Waals surface area contributed by atoms with Crippen LogP contribution in [0.1, 0.15) is 32.8 Å². The summed E-state index contributed by atoms with van der Waals surface area (Å²) in [6.45, 7) is 8.24. The minimum atomic E-state index is -0.462. The summed E-state index contributed by atoms with van der Waals surface area (Å²) >= 11 is 3.46. The Morgan fingerprint density at radius 1 is 1.43 bits per heavy atom. The molecule has 5 nitrogen and oxygen atoms in total. The van der Waals surface area contributed by atoms with E-state index in [1.54, 1.807) is 7.11 Å². The van der Waals surface area contributed by atoms with Gasteiger partial charge in [-0.05, 0) is 60.8 Å². The fraction of sp³-hybridized carbons (Fsp3) is 0.588. The Morgan fingerprint density at radius 2 is 2.17 bits per heavy atom. The highest BCUT2D eigenvalue weighted by Gasteiger charge is 2.26. The van der Waals surface area contributed by atoms with E-state index in [0.717, 1.165) is 36.3 Å². The van der Waals surface area contributed by atoms with Crippen molar-refractivity contribution in [2.24, 2.45) is 0 Å². The smallest absolute Gasteiger partial charge is 0.407 e. The van der Waals surface area contributed by atoms with Crippen LogP contribution in [-0.2, 0) is 11.3 Å². The van der Waals surface area contributed by atoms with Crippen LogP contribution in [-0.4, -0.2) is 42.8 Å². The summed E-state index contributed by atoms with van der Waals surface area (Å²) < 4.78 is 11.6. The van der Waals surface area contributed by atoms with E-state index < -0.39 is 5.60 Å². The van der Waals surface area contributed by atoms with Gasteiger partial charge in [0, 0.05) is 25.7 Å². The predicted octanol–water partition coefficient (Wildman–Crippen LogP) is 3.56. The van der Waals surface area contributed by atoms with Gasteiger partial charge in [-0.2, -0.15) is 0 Å². The fourth-order valence-corrected chi connectivity index (χ4v) is 3.04. The predicted molar refractivity (Wildman–Crippen MR) is 93.7 cm³/mol. The standard InChI is InChI=1S/C17H25BrN2O3/c1-17(2,3)23-16(21)19-13-7-8-20(11-13)10-12-5-6-14(18)15(9-12)22-4/h5-6,9,13H,7-8,10-11H2,1-4H3,(H,19,21). The van der Waals surface area contributed by atoms with Gasteiger partial charge in [0.25, 0.3) is 0 Å². The highest BCUT2D eigenvalue weighted by atomic mass is 79.9. The molecule has 1 N–H and O–H groups in total. The number of nitrogens with zero attached hydrogens (tertiary/aromatic N) is 1. The first-order valence-electron chi connectivity index (χ1n) is 7.81. The molecule has 23 heavy (non-hydrogen) atoms. The molecule has 0 spiro atoms. The third kappa shape index (κ3) is 5.70. The lowest BCUT2D eigenvalue weighted by molar-refractivity contribution is 0.0506. The number of hydrogen-bond acceptors (Lipinski definition) is 4. The lowest BCUT2D eigenvalue weighted by atomic mass is 10.2. The topological polar surface area (TPSA) is 50.8 Å². The first-order valence-corrected chi connectivity index (χ1v) is 8.60. The van der Waals surface area contributed by atoms with E-state index in [-0.39, 0.29) is 12.1 Å². The molecule has 0 saturated carbocycles. The first-order chi connectivity index (χ1) is 10.8. The monoisotopic (exact) mass is 384 g/mol. The zero-order chi connectivity index (χ0) is 17.0. The molecule has 1 aromatic carbocycles. The molecule has 1 atom stereocenters. The molecule has 1 aromatic rings. The number of rotatable bonds is 4. The van der Waals surface area contributed by atoms with Gasteiger partial charge >= 0.3 is 6.09 Å². The van der Waals surface area contributed by atoms with Crippen molar-refractivity contribution in [2.45, 2.75) is 45.4 Å². The van der Waals surface area contributed by atoms with E-state index in [4.69, 9.17) is 9.47 Å². The number of carbonyl (C=O) groups excluding carboxylic acids is 1. The first kappa shape index (κ1) is 18.1. The molecule has 1 aliphatic rings. The minimum absolute atomic E-state index is 0.141. The van der Waals surface area contributed by atoms with Crippen molar-refractivity contribution >= 4 is 22.0 Å². The number of ether oxygens (including phenoxy) is 2. The quantitative estimate of drug-likeness (QED) is 0.861. The summed E-state index contributed by atoms with van der Waals surface area (Å²) in [6.07, 6.45) is 0.599. The highest BCUT2D eigenvalue weighted by Crippen LogP contribution is 2.26. The number of carbonyl (C=O) groups is 1. The van der Waals surface area contributed by atoms with Crippen LogP contribution < -0.4 is 10.1 Å². The van der Waals surface area contributed by atoms with Gasteiger partial charge < -0.3 is 14.8 Å². The number of nitrogens with one attached hydrogen (secondary N) is 1. The number of benzene rings is 1. The molecular formula is C17H25BrN2O3. The molecule has 1 unspecified atom stereocenters. The molecule has 0 aliphatic carbocycles. The van der Waals surface area contributed by atoms with E-state index in [1.165, 1.54) is 5.56 Å². The van der Waals surface area contributed by atoms with Gasteiger partial charge in [-0.25, -0.2) is 4.79 Å². The average molecular weight is 385 g/mol. The zero-order valence-electron chi connectivity index (χ0n) is 14.2. The Balaban J connectivity index is 1.85. The van der Waals surface area contributed by atoms with Crippen LogP contribution in [0.4, 0.5) is 4.79 Å². The maximum atomic E-state index is 11.8. The number of alkyl carbamates (subject to hydrolysis) is 1. The average Bonchev–Trinajstić information content (AvgIpc) is 2.85. The highest BCUT2D eigenvalue weighted by molar-refractivity contribution is 9.10. The Kier molecular flexibility index (Phi) is 5.92. The van der Waals surface area contributed by atoms with Gasteiger partial charge in [0.05, 0.1) is 11.6 Å². The van der Waals surface area contributed by atoms with E-state index in [9.17, 15) is 4.79 Å². The molecule has 1 saturated heterocycles. The number of methoxy groups -OCH3 is 1. The van der Waals surface area contributed by atoms with Crippen molar-refractivity contribution in [3.05, 3.63) is 28.2 Å². The Labute approximate surface area is 146 Å². The second-order valence-electron chi connectivity index (χ2n) is 6.84. The van der Waals surface area contributed by atoms with E-state index in [1.807, 2.05) is 32.9 Å². The lowest BCUT2D eigenvalue weighted by Crippen LogP contribution is -2.40. The summed E-state index contributed by atoms with van der Waals surface area (Å²) in [4.78, 5) is 14.2. The van der Waals surface area contributed by atoms with Crippen LogP contribution in [0, 0.1) is 0 Å². The molecule has 0 aromatic heterocycles. The summed E-state index contributed by atoms with van der Waals surface area (Å²) in [5.74, 6) is 0.838. The summed E-state index contributed by atoms with van der Waals surface area (Å²) in [6, 6.07) is 6.27. The molecule has 2 rings (SSSR count). The van der Waals surface area contributed by atoms with Crippen LogP contribution in [0.15, 0.2) is 22.7 Å². The third-order valence-corrected chi connectivity index (χ3v) is 4.27. The molecule has 6 heteroatoms. The van der Waals surface area contributed by atoms with Crippen molar-refractivity contribution in [2.75, 3.05) is 20.2 Å². The normalized spacial score (nSPS) is 18.7. The third-order valence-electron chi connectivity index (χ3n) is 3.61. The van der Waals surface area contributed by atoms with Crippen molar-refractivity contribution in [3.8, 4) is 5.75 Å². The van der Waals surface area contributed by atoms with Gasteiger partial charge in [0.2, 0.25) is 0 Å². The van der Waals surface area contributed by atoms with Crippen molar-refractivity contribution < 1.29 is 14.3 Å². The van der Waals surface area contributed by atoms with Crippen LogP contribution >= 0.6 is 15.9 Å². The molecule has 0 bridgehead atoms. The molecule has 1 heterocycles. The molecular weight excluding hydrogens is 360 g/mol. The molecule has 128 valence electrons. The Morgan fingerprint density at radius 3 is 2.83 bits per heavy atom. The molecule has 1 aliphatic heterocycles. The van der Waals surface area contributed by atoms with E-state index in [2.05, 4.69) is 32.2 Å². The van der Waals surface area contributed by atoms with Gasteiger partial charge in [-0.1, -0.05) is 6.07 Å². The van der Waals surface area contributed by atoms with Crippen LogP contribution in [0.25, 0.3) is 0 Å². The fourth-order valence-electron chi connectivity index (χ4n) is 2.63. The maximum absolute atomic E-state index is 11.8. The van der Waals surface area contributed by atoms with E-state index in [0.29, 0.717) is 0 Å². The van der Waals surface area contributed by atoms with Gasteiger partial charge in [0.1, 0.15) is 11.4 Å². The van der Waals surface area contributed by atoms with Gasteiger partial charge in [0.15, 0.2) is 0 Å². The number of amides is 1. The summed E-state index contributed by atoms with van der Waals surface area (Å²) in [5.41, 5.74) is 0.735. The largest absolute Gasteiger partial charge is 0.496 e. The van der Waals surface area contributed by atoms with Crippen LogP contribution in [0.2, 0.25) is 0 Å². The number of likely N-dealkylation sites (tertiary alicyclic amines) is 1. The molecule has 0 radical (unpaired) electrons. The van der Waals surface area contributed by atoms with Gasteiger partial charge in [-0.15, -0.1) is 0 Å². The SMILES string of the molecule is COc1cc(CN2CCC(NC(=O)OC(C)(C)C)C2)ccc1Br. The van der Waals surface area contributed by atoms with Crippen molar-refractivity contribution in [1.29, 1.82) is 0 Å². The second-order valence-corrected chi connectivity index (χ2v) is 7.69. The molecule has 1 amide bonds. The molecule has 1 fully saturated rings. The summed E-state index contributed by atoms with van der Waals surface area (Å²) in [7, 11) is 1.67. The Bertz CT molecular complexity index is 557. The van der Waals surface area contributed by atoms with E-state index >= 15 is 0 Å². The van der Waals surface area contributed by atoms with Gasteiger partial charge in [-0.3, -0.25) is 4.90 Å². The van der Waals surface area contributed by atoms with Crippen LogP contribution in [0.5, 0.6) is 5.75 Å². The lowest BCUT2D eigenvalue weighted by Gasteiger charge is -2.22. The minimum Gasteiger partial charge on any atom is -0.496 e. The number of hydrogen-bond donors (Lipinski definition) is 1. The van der Waals surface area contributed by atoms with Crippen molar-refractivity contribution in [1.82, 2.24) is 10.2 Å². The van der Waals surface area contributed by atoms with Crippen molar-refractivity contribution in [3.63, 3.8) is 0 Å². The zero-order valence-corrected chi connectivity index (χ0v) is 15.8.